The molecule has 1 amide bonds. The molecule has 2 heterocycles. The van der Waals surface area contributed by atoms with E-state index in [4.69, 9.17) is 9.15 Å². The number of rotatable bonds is 4. The lowest BCUT2D eigenvalue weighted by Gasteiger charge is -2.33. The summed E-state index contributed by atoms with van der Waals surface area (Å²) in [5, 5.41) is 0.498. The van der Waals surface area contributed by atoms with Crippen LogP contribution in [0, 0.1) is 6.92 Å². The molecule has 1 atom stereocenters. The molecular formula is C24H25NO4. The zero-order chi connectivity index (χ0) is 20.4. The summed E-state index contributed by atoms with van der Waals surface area (Å²) < 4.78 is 11.7. The lowest BCUT2D eigenvalue weighted by molar-refractivity contribution is -0.136. The average Bonchev–Trinajstić information content (AvgIpc) is 2.73. The van der Waals surface area contributed by atoms with Gasteiger partial charge < -0.3 is 14.1 Å². The number of hydrogen-bond donors (Lipinski definition) is 0. The van der Waals surface area contributed by atoms with Gasteiger partial charge in [0.2, 0.25) is 5.43 Å². The third-order valence-electron chi connectivity index (χ3n) is 5.59. The highest BCUT2D eigenvalue weighted by Crippen LogP contribution is 2.26. The summed E-state index contributed by atoms with van der Waals surface area (Å²) in [5.41, 5.74) is 1.80. The number of amides is 1. The number of hydrogen-bond acceptors (Lipinski definition) is 4. The van der Waals surface area contributed by atoms with Crippen molar-refractivity contribution in [2.45, 2.75) is 39.2 Å². The van der Waals surface area contributed by atoms with Crippen molar-refractivity contribution >= 4 is 16.9 Å². The van der Waals surface area contributed by atoms with Crippen molar-refractivity contribution in [3.8, 4) is 16.9 Å². The molecule has 0 bridgehead atoms. The van der Waals surface area contributed by atoms with Crippen LogP contribution in [0.15, 0.2) is 57.7 Å². The van der Waals surface area contributed by atoms with Crippen molar-refractivity contribution in [3.63, 3.8) is 0 Å². The zero-order valence-electron chi connectivity index (χ0n) is 16.8. The third-order valence-corrected chi connectivity index (χ3v) is 5.59. The Kier molecular flexibility index (Phi) is 5.38. The molecular weight excluding hydrogens is 366 g/mol. The average molecular weight is 391 g/mol. The van der Waals surface area contributed by atoms with Crippen LogP contribution >= 0.6 is 0 Å². The smallest absolute Gasteiger partial charge is 0.260 e. The summed E-state index contributed by atoms with van der Waals surface area (Å²) in [6.45, 7) is 4.64. The molecule has 0 spiro atoms. The van der Waals surface area contributed by atoms with Crippen LogP contribution in [0.5, 0.6) is 5.75 Å². The molecule has 0 N–H and O–H groups in total. The fraction of sp³-hybridized carbons (Fsp3) is 0.333. The van der Waals surface area contributed by atoms with Crippen molar-refractivity contribution in [1.82, 2.24) is 4.90 Å². The lowest BCUT2D eigenvalue weighted by atomic mass is 10.0. The van der Waals surface area contributed by atoms with E-state index in [-0.39, 0.29) is 24.0 Å². The number of likely N-dealkylation sites (tertiary alicyclic amines) is 1. The van der Waals surface area contributed by atoms with Crippen LogP contribution in [0.3, 0.4) is 0 Å². The van der Waals surface area contributed by atoms with Crippen LogP contribution in [0.2, 0.25) is 0 Å². The monoisotopic (exact) mass is 391 g/mol. The van der Waals surface area contributed by atoms with Gasteiger partial charge in [0.1, 0.15) is 17.1 Å². The molecule has 4 rings (SSSR count). The van der Waals surface area contributed by atoms with Gasteiger partial charge in [0, 0.05) is 18.7 Å². The second-order valence-corrected chi connectivity index (χ2v) is 7.61. The first-order valence-corrected chi connectivity index (χ1v) is 10.1. The quantitative estimate of drug-likeness (QED) is 0.655. The number of nitrogens with zero attached hydrogens (tertiary/aromatic N) is 1. The Bertz CT molecular complexity index is 1090. The zero-order valence-corrected chi connectivity index (χ0v) is 16.8. The van der Waals surface area contributed by atoms with Crippen molar-refractivity contribution in [3.05, 3.63) is 64.5 Å². The van der Waals surface area contributed by atoms with E-state index < -0.39 is 0 Å². The summed E-state index contributed by atoms with van der Waals surface area (Å²) in [7, 11) is 0. The molecule has 0 unspecified atom stereocenters. The number of piperidine rings is 1. The van der Waals surface area contributed by atoms with E-state index >= 15 is 0 Å². The normalized spacial score (nSPS) is 16.8. The van der Waals surface area contributed by atoms with Crippen LogP contribution in [0.1, 0.15) is 31.9 Å². The van der Waals surface area contributed by atoms with E-state index in [1.54, 1.807) is 25.1 Å². The van der Waals surface area contributed by atoms with E-state index in [1.165, 1.54) is 6.42 Å². The molecule has 1 aliphatic rings. The number of carbonyl (C=O) groups is 1. The van der Waals surface area contributed by atoms with Crippen molar-refractivity contribution in [2.75, 3.05) is 13.2 Å². The van der Waals surface area contributed by atoms with Gasteiger partial charge in [-0.15, -0.1) is 0 Å². The summed E-state index contributed by atoms with van der Waals surface area (Å²) in [6, 6.07) is 14.9. The number of benzene rings is 2. The van der Waals surface area contributed by atoms with Gasteiger partial charge in [-0.25, -0.2) is 0 Å². The van der Waals surface area contributed by atoms with Gasteiger partial charge in [-0.3, -0.25) is 9.59 Å². The Morgan fingerprint density at radius 3 is 2.72 bits per heavy atom. The maximum absolute atomic E-state index is 13.0. The maximum atomic E-state index is 13.0. The predicted molar refractivity (Wildman–Crippen MR) is 113 cm³/mol. The second-order valence-electron chi connectivity index (χ2n) is 7.61. The molecule has 2 aromatic carbocycles. The number of carbonyl (C=O) groups excluding carboxylic acids is 1. The highest BCUT2D eigenvalue weighted by atomic mass is 16.5. The third kappa shape index (κ3) is 3.90. The number of ether oxygens (including phenoxy) is 1. The number of fused-ring (bicyclic) bond motifs is 1. The van der Waals surface area contributed by atoms with Gasteiger partial charge in [0.05, 0.1) is 10.9 Å². The fourth-order valence-corrected chi connectivity index (χ4v) is 4.01. The van der Waals surface area contributed by atoms with Gasteiger partial charge >= 0.3 is 0 Å². The van der Waals surface area contributed by atoms with Crippen LogP contribution in [-0.2, 0) is 4.79 Å². The molecule has 0 radical (unpaired) electrons. The Labute approximate surface area is 169 Å². The van der Waals surface area contributed by atoms with E-state index in [0.29, 0.717) is 28.0 Å². The van der Waals surface area contributed by atoms with E-state index in [9.17, 15) is 9.59 Å². The number of aryl methyl sites for hydroxylation is 1. The topological polar surface area (TPSA) is 59.8 Å². The summed E-state index contributed by atoms with van der Waals surface area (Å²) in [6.07, 6.45) is 3.25. The van der Waals surface area contributed by atoms with Gasteiger partial charge in [-0.1, -0.05) is 30.3 Å². The molecule has 150 valence electrons. The SMILES string of the molecule is Cc1oc2cc(OCC(=O)N3CCCC[C@H]3C)ccc2c(=O)c1-c1ccccc1. The first-order chi connectivity index (χ1) is 14.0. The first-order valence-electron chi connectivity index (χ1n) is 10.1. The minimum atomic E-state index is -0.0697. The summed E-state index contributed by atoms with van der Waals surface area (Å²) in [5.74, 6) is 1.07. The molecule has 29 heavy (non-hydrogen) atoms. The van der Waals surface area contributed by atoms with E-state index in [2.05, 4.69) is 6.92 Å². The molecule has 5 nitrogen and oxygen atoms in total. The fourth-order valence-electron chi connectivity index (χ4n) is 4.01. The minimum absolute atomic E-state index is 0.00523. The predicted octanol–water partition coefficient (Wildman–Crippen LogP) is 4.55. The molecule has 3 aromatic rings. The van der Waals surface area contributed by atoms with Crippen molar-refractivity contribution in [2.24, 2.45) is 0 Å². The molecule has 0 saturated carbocycles. The molecule has 1 saturated heterocycles. The van der Waals surface area contributed by atoms with Crippen molar-refractivity contribution < 1.29 is 13.9 Å². The Hall–Kier alpha value is -3.08. The molecule has 1 aliphatic heterocycles. The summed E-state index contributed by atoms with van der Waals surface area (Å²) >= 11 is 0. The molecule has 1 fully saturated rings. The standard InChI is InChI=1S/C24H25NO4/c1-16-8-6-7-13-25(16)22(26)15-28-19-11-12-20-21(14-19)29-17(2)23(24(20)27)18-9-4-3-5-10-18/h3-5,9-12,14,16H,6-8,13,15H2,1-2H3/t16-/m1/s1. The lowest BCUT2D eigenvalue weighted by Crippen LogP contribution is -2.44. The van der Waals surface area contributed by atoms with Gasteiger partial charge in [-0.2, -0.15) is 0 Å². The van der Waals surface area contributed by atoms with Crippen LogP contribution in [0.4, 0.5) is 0 Å². The van der Waals surface area contributed by atoms with Gasteiger partial charge in [0.25, 0.3) is 5.91 Å². The summed E-state index contributed by atoms with van der Waals surface area (Å²) in [4.78, 5) is 27.4. The van der Waals surface area contributed by atoms with Crippen LogP contribution in [0.25, 0.3) is 22.1 Å². The van der Waals surface area contributed by atoms with Crippen LogP contribution < -0.4 is 10.2 Å². The Morgan fingerprint density at radius 2 is 1.97 bits per heavy atom. The minimum Gasteiger partial charge on any atom is -0.484 e. The van der Waals surface area contributed by atoms with Gasteiger partial charge in [0.15, 0.2) is 6.61 Å². The largest absolute Gasteiger partial charge is 0.484 e. The van der Waals surface area contributed by atoms with Crippen molar-refractivity contribution in [1.29, 1.82) is 0 Å². The molecule has 5 heteroatoms. The van der Waals surface area contributed by atoms with Gasteiger partial charge in [-0.05, 0) is 50.8 Å². The highest BCUT2D eigenvalue weighted by molar-refractivity contribution is 5.84. The Morgan fingerprint density at radius 1 is 1.17 bits per heavy atom. The first kappa shape index (κ1) is 19.2. The van der Waals surface area contributed by atoms with Crippen LogP contribution in [-0.4, -0.2) is 30.0 Å². The van der Waals surface area contributed by atoms with E-state index in [1.807, 2.05) is 35.2 Å². The Balaban J connectivity index is 1.57. The van der Waals surface area contributed by atoms with E-state index in [0.717, 1.165) is 24.9 Å². The highest BCUT2D eigenvalue weighted by Gasteiger charge is 2.23. The second kappa shape index (κ2) is 8.11. The molecule has 0 aliphatic carbocycles. The molecule has 1 aromatic heterocycles. The maximum Gasteiger partial charge on any atom is 0.260 e.